The maximum absolute atomic E-state index is 12.2. The van der Waals surface area contributed by atoms with E-state index in [0.29, 0.717) is 12.8 Å². The first kappa shape index (κ1) is 15.3. The quantitative estimate of drug-likeness (QED) is 0.587. The maximum atomic E-state index is 12.2. The van der Waals surface area contributed by atoms with Crippen LogP contribution in [0.1, 0.15) is 44.9 Å². The molecule has 2 rings (SSSR count). The first-order chi connectivity index (χ1) is 10.1. The fourth-order valence-electron chi connectivity index (χ4n) is 3.09. The van der Waals surface area contributed by atoms with Gasteiger partial charge in [-0.2, -0.15) is 5.26 Å². The lowest BCUT2D eigenvalue weighted by molar-refractivity contribution is -0.129. The molecule has 1 saturated heterocycles. The zero-order valence-corrected chi connectivity index (χ0v) is 12.0. The van der Waals surface area contributed by atoms with Gasteiger partial charge in [0.25, 0.3) is 5.91 Å². The number of carbonyl (C=O) groups excluding carboxylic acids is 3. The number of hydrogen-bond donors (Lipinski definition) is 2. The minimum Gasteiger partial charge on any atom is -0.354 e. The molecule has 1 aliphatic carbocycles. The van der Waals surface area contributed by atoms with Crippen LogP contribution < -0.4 is 10.6 Å². The highest BCUT2D eigenvalue weighted by Gasteiger charge is 2.52. The van der Waals surface area contributed by atoms with Gasteiger partial charge in [-0.25, -0.2) is 4.79 Å². The molecule has 7 heteroatoms. The molecule has 1 aliphatic heterocycles. The number of hydrogen-bond acceptors (Lipinski definition) is 4. The van der Waals surface area contributed by atoms with Crippen LogP contribution in [0.25, 0.3) is 0 Å². The predicted molar refractivity (Wildman–Crippen MR) is 73.9 cm³/mol. The molecule has 0 bridgehead atoms. The molecule has 0 unspecified atom stereocenters. The van der Waals surface area contributed by atoms with Crippen LogP contribution in [0.5, 0.6) is 0 Å². The van der Waals surface area contributed by atoms with E-state index in [9.17, 15) is 14.4 Å². The molecule has 114 valence electrons. The molecule has 0 atom stereocenters. The Kier molecular flexibility index (Phi) is 4.78. The van der Waals surface area contributed by atoms with Crippen molar-refractivity contribution in [2.45, 2.75) is 50.5 Å². The van der Waals surface area contributed by atoms with Gasteiger partial charge in [-0.1, -0.05) is 25.7 Å². The van der Waals surface area contributed by atoms with E-state index in [4.69, 9.17) is 5.26 Å². The second kappa shape index (κ2) is 6.57. The monoisotopic (exact) mass is 292 g/mol. The van der Waals surface area contributed by atoms with Crippen LogP contribution in [0.2, 0.25) is 0 Å². The molecule has 0 aromatic heterocycles. The van der Waals surface area contributed by atoms with Gasteiger partial charge in [-0.3, -0.25) is 14.9 Å². The molecule has 7 nitrogen and oxygen atoms in total. The third kappa shape index (κ3) is 3.15. The lowest BCUT2D eigenvalue weighted by atomic mass is 9.88. The summed E-state index contributed by atoms with van der Waals surface area (Å²) in [6, 6.07) is 1.45. The first-order valence-electron chi connectivity index (χ1n) is 7.37. The molecule has 2 N–H and O–H groups in total. The van der Waals surface area contributed by atoms with Crippen molar-refractivity contribution < 1.29 is 14.4 Å². The molecule has 0 aromatic carbocycles. The second-order valence-electron chi connectivity index (χ2n) is 5.55. The summed E-state index contributed by atoms with van der Waals surface area (Å²) in [6.07, 6.45) is 5.30. The molecule has 1 saturated carbocycles. The fraction of sp³-hybridized carbons (Fsp3) is 0.714. The van der Waals surface area contributed by atoms with E-state index in [0.717, 1.165) is 25.7 Å². The van der Waals surface area contributed by atoms with Crippen LogP contribution in [0, 0.1) is 11.3 Å². The standard InChI is InChI=1S/C14H20N4O3/c15-8-5-9-16-11(19)10-18-13(21)17-12(20)14(18)6-3-1-2-4-7-14/h1-7,9-10H2,(H,16,19)(H,17,20,21). The molecule has 21 heavy (non-hydrogen) atoms. The van der Waals surface area contributed by atoms with Crippen molar-refractivity contribution >= 4 is 17.8 Å². The van der Waals surface area contributed by atoms with Gasteiger partial charge in [0.2, 0.25) is 5.91 Å². The Morgan fingerprint density at radius 1 is 1.29 bits per heavy atom. The topological polar surface area (TPSA) is 102 Å². The van der Waals surface area contributed by atoms with Crippen molar-refractivity contribution in [1.82, 2.24) is 15.5 Å². The number of imide groups is 1. The third-order valence-corrected chi connectivity index (χ3v) is 4.20. The van der Waals surface area contributed by atoms with Crippen LogP contribution in [-0.2, 0) is 9.59 Å². The van der Waals surface area contributed by atoms with E-state index in [1.807, 2.05) is 6.07 Å². The fourth-order valence-corrected chi connectivity index (χ4v) is 3.09. The lowest BCUT2D eigenvalue weighted by Gasteiger charge is -2.34. The van der Waals surface area contributed by atoms with Crippen molar-refractivity contribution in [3.63, 3.8) is 0 Å². The van der Waals surface area contributed by atoms with E-state index < -0.39 is 11.6 Å². The molecular weight excluding hydrogens is 272 g/mol. The summed E-state index contributed by atoms with van der Waals surface area (Å²) < 4.78 is 0. The van der Waals surface area contributed by atoms with Gasteiger partial charge in [0.1, 0.15) is 12.1 Å². The number of urea groups is 1. The van der Waals surface area contributed by atoms with Gasteiger partial charge in [0, 0.05) is 6.54 Å². The van der Waals surface area contributed by atoms with Crippen molar-refractivity contribution in [3.8, 4) is 6.07 Å². The predicted octanol–water partition coefficient (Wildman–Crippen LogP) is 0.661. The van der Waals surface area contributed by atoms with E-state index >= 15 is 0 Å². The van der Waals surface area contributed by atoms with Crippen LogP contribution in [-0.4, -0.2) is 41.4 Å². The minimum atomic E-state index is -0.861. The second-order valence-corrected chi connectivity index (χ2v) is 5.55. The average Bonchev–Trinajstić information content (AvgIpc) is 2.65. The number of nitrogens with one attached hydrogen (secondary N) is 2. The SMILES string of the molecule is N#CCCNC(=O)CN1C(=O)NC(=O)C12CCCCCC2. The average molecular weight is 292 g/mol. The van der Waals surface area contributed by atoms with Gasteiger partial charge < -0.3 is 10.2 Å². The Morgan fingerprint density at radius 2 is 1.95 bits per heavy atom. The highest BCUT2D eigenvalue weighted by atomic mass is 16.2. The smallest absolute Gasteiger partial charge is 0.325 e. The van der Waals surface area contributed by atoms with Gasteiger partial charge in [0.15, 0.2) is 0 Å². The molecule has 4 amide bonds. The summed E-state index contributed by atoms with van der Waals surface area (Å²) in [5.74, 6) is -0.613. The number of rotatable bonds is 4. The van der Waals surface area contributed by atoms with Crippen molar-refractivity contribution in [3.05, 3.63) is 0 Å². The van der Waals surface area contributed by atoms with E-state index in [1.54, 1.807) is 0 Å². The summed E-state index contributed by atoms with van der Waals surface area (Å²) in [5, 5.41) is 13.4. The summed E-state index contributed by atoms with van der Waals surface area (Å²) in [6.45, 7) is 0.120. The Morgan fingerprint density at radius 3 is 2.57 bits per heavy atom. The van der Waals surface area contributed by atoms with E-state index in [-0.39, 0.29) is 31.3 Å². The summed E-state index contributed by atoms with van der Waals surface area (Å²) in [5.41, 5.74) is -0.861. The van der Waals surface area contributed by atoms with Gasteiger partial charge >= 0.3 is 6.03 Å². The lowest BCUT2D eigenvalue weighted by Crippen LogP contribution is -2.52. The number of nitrogens with zero attached hydrogens (tertiary/aromatic N) is 2. The molecule has 0 aromatic rings. The first-order valence-corrected chi connectivity index (χ1v) is 7.37. The maximum Gasteiger partial charge on any atom is 0.325 e. The van der Waals surface area contributed by atoms with Crippen LogP contribution in [0.15, 0.2) is 0 Å². The zero-order valence-electron chi connectivity index (χ0n) is 12.0. The van der Waals surface area contributed by atoms with Crippen LogP contribution in [0.3, 0.4) is 0 Å². The van der Waals surface area contributed by atoms with Crippen LogP contribution >= 0.6 is 0 Å². The van der Waals surface area contributed by atoms with E-state index in [2.05, 4.69) is 10.6 Å². The summed E-state index contributed by atoms with van der Waals surface area (Å²) >= 11 is 0. The van der Waals surface area contributed by atoms with Gasteiger partial charge in [0.05, 0.1) is 12.5 Å². The Bertz CT molecular complexity index is 475. The summed E-state index contributed by atoms with van der Waals surface area (Å²) in [7, 11) is 0. The molecule has 1 heterocycles. The normalized spacial score (nSPS) is 20.8. The molecular formula is C14H20N4O3. The minimum absolute atomic E-state index is 0.136. The van der Waals surface area contributed by atoms with Crippen molar-refractivity contribution in [2.24, 2.45) is 0 Å². The third-order valence-electron chi connectivity index (χ3n) is 4.20. The van der Waals surface area contributed by atoms with E-state index in [1.165, 1.54) is 4.90 Å². The highest BCUT2D eigenvalue weighted by Crippen LogP contribution is 2.35. The summed E-state index contributed by atoms with van der Waals surface area (Å²) in [4.78, 5) is 37.5. The highest BCUT2D eigenvalue weighted by molar-refractivity contribution is 6.08. The van der Waals surface area contributed by atoms with Gasteiger partial charge in [-0.15, -0.1) is 0 Å². The molecule has 0 radical (unpaired) electrons. The Labute approximate surface area is 123 Å². The zero-order chi connectivity index (χ0) is 15.3. The number of amides is 4. The van der Waals surface area contributed by atoms with Crippen LogP contribution in [0.4, 0.5) is 4.79 Å². The Hall–Kier alpha value is -2.10. The van der Waals surface area contributed by atoms with Crippen molar-refractivity contribution in [1.29, 1.82) is 5.26 Å². The Balaban J connectivity index is 2.07. The number of nitriles is 1. The number of carbonyl (C=O) groups is 3. The van der Waals surface area contributed by atoms with Gasteiger partial charge in [-0.05, 0) is 12.8 Å². The molecule has 1 spiro atoms. The van der Waals surface area contributed by atoms with Crippen molar-refractivity contribution in [2.75, 3.05) is 13.1 Å². The molecule has 2 aliphatic rings. The molecule has 2 fully saturated rings. The largest absolute Gasteiger partial charge is 0.354 e.